The Kier molecular flexibility index (Phi) is 1.98. The van der Waals surface area contributed by atoms with Gasteiger partial charge in [-0.1, -0.05) is 41.9 Å². The fraction of sp³-hybridized carbons (Fsp3) is 0. The molecule has 0 unspecified atom stereocenters. The van der Waals surface area contributed by atoms with Gasteiger partial charge in [-0.3, -0.25) is 0 Å². The third-order valence-electron chi connectivity index (χ3n) is 2.70. The van der Waals surface area contributed by atoms with Gasteiger partial charge in [-0.05, 0) is 17.5 Å². The van der Waals surface area contributed by atoms with E-state index in [2.05, 4.69) is 4.98 Å². The largest absolute Gasteiger partial charge is 0.383 e. The Hall–Kier alpha value is -1.80. The van der Waals surface area contributed by atoms with Crippen LogP contribution in [0.5, 0.6) is 0 Å². The van der Waals surface area contributed by atoms with E-state index in [1.54, 1.807) is 0 Å². The maximum absolute atomic E-state index is 6.21. The zero-order chi connectivity index (χ0) is 11.1. The number of fused-ring (bicyclic) bond motifs is 3. The molecule has 0 radical (unpaired) electrons. The number of nitrogen functional groups attached to an aromatic ring is 1. The van der Waals surface area contributed by atoms with Gasteiger partial charge in [-0.25, -0.2) is 4.98 Å². The van der Waals surface area contributed by atoms with Crippen LogP contribution in [0.3, 0.4) is 0 Å². The van der Waals surface area contributed by atoms with Gasteiger partial charge in [0.25, 0.3) is 0 Å². The number of benzene rings is 2. The van der Waals surface area contributed by atoms with Crippen LogP contribution >= 0.6 is 11.6 Å². The number of halogens is 1. The molecule has 16 heavy (non-hydrogen) atoms. The van der Waals surface area contributed by atoms with Crippen molar-refractivity contribution in [2.45, 2.75) is 0 Å². The number of nitrogens with zero attached hydrogens (tertiary/aromatic N) is 1. The van der Waals surface area contributed by atoms with E-state index < -0.39 is 0 Å². The van der Waals surface area contributed by atoms with Crippen LogP contribution in [-0.2, 0) is 0 Å². The van der Waals surface area contributed by atoms with Crippen LogP contribution in [0.25, 0.3) is 21.7 Å². The van der Waals surface area contributed by atoms with Crippen LogP contribution in [0.2, 0.25) is 5.02 Å². The molecule has 0 atom stereocenters. The molecular weight excluding hydrogens is 220 g/mol. The summed E-state index contributed by atoms with van der Waals surface area (Å²) in [4.78, 5) is 4.36. The Morgan fingerprint density at radius 1 is 0.938 bits per heavy atom. The van der Waals surface area contributed by atoms with Crippen molar-refractivity contribution in [2.24, 2.45) is 0 Å². The van der Waals surface area contributed by atoms with E-state index in [-0.39, 0.29) is 0 Å². The first-order chi connectivity index (χ1) is 7.77. The predicted octanol–water partition coefficient (Wildman–Crippen LogP) is 3.62. The van der Waals surface area contributed by atoms with Crippen LogP contribution in [0.1, 0.15) is 0 Å². The summed E-state index contributed by atoms with van der Waals surface area (Å²) in [6.07, 6.45) is 0. The van der Waals surface area contributed by atoms with E-state index in [4.69, 9.17) is 17.3 Å². The number of aromatic nitrogens is 1. The van der Waals surface area contributed by atoms with Crippen molar-refractivity contribution < 1.29 is 0 Å². The summed E-state index contributed by atoms with van der Waals surface area (Å²) < 4.78 is 0. The second-order valence-electron chi connectivity index (χ2n) is 3.68. The Labute approximate surface area is 97.7 Å². The lowest BCUT2D eigenvalue weighted by molar-refractivity contribution is 1.44. The van der Waals surface area contributed by atoms with Crippen LogP contribution in [0, 0.1) is 0 Å². The van der Waals surface area contributed by atoms with E-state index in [0.29, 0.717) is 10.8 Å². The Morgan fingerprint density at radius 2 is 1.69 bits per heavy atom. The van der Waals surface area contributed by atoms with Crippen LogP contribution in [-0.4, -0.2) is 4.98 Å². The third kappa shape index (κ3) is 1.24. The van der Waals surface area contributed by atoms with E-state index >= 15 is 0 Å². The van der Waals surface area contributed by atoms with Gasteiger partial charge in [0, 0.05) is 10.8 Å². The molecule has 0 aliphatic heterocycles. The average Bonchev–Trinajstić information content (AvgIpc) is 2.29. The van der Waals surface area contributed by atoms with E-state index in [0.717, 1.165) is 21.7 Å². The molecule has 2 aromatic carbocycles. The van der Waals surface area contributed by atoms with Gasteiger partial charge in [-0.2, -0.15) is 0 Å². The molecule has 3 heteroatoms. The molecule has 3 rings (SSSR count). The van der Waals surface area contributed by atoms with Crippen molar-refractivity contribution in [1.82, 2.24) is 4.98 Å². The molecule has 0 bridgehead atoms. The molecule has 0 saturated carbocycles. The molecule has 0 fully saturated rings. The fourth-order valence-corrected chi connectivity index (χ4v) is 2.26. The Morgan fingerprint density at radius 3 is 2.50 bits per heavy atom. The molecule has 0 amide bonds. The summed E-state index contributed by atoms with van der Waals surface area (Å²) in [5.74, 6) is 0.547. The van der Waals surface area contributed by atoms with Crippen LogP contribution in [0.15, 0.2) is 42.5 Å². The highest BCUT2D eigenvalue weighted by atomic mass is 35.5. The summed E-state index contributed by atoms with van der Waals surface area (Å²) in [5.41, 5.74) is 6.75. The average molecular weight is 229 g/mol. The van der Waals surface area contributed by atoms with Gasteiger partial charge in [0.2, 0.25) is 0 Å². The fourth-order valence-electron chi connectivity index (χ4n) is 1.99. The smallest absolute Gasteiger partial charge is 0.131 e. The van der Waals surface area contributed by atoms with Gasteiger partial charge < -0.3 is 5.73 Å². The number of anilines is 1. The van der Waals surface area contributed by atoms with Crippen molar-refractivity contribution in [1.29, 1.82) is 0 Å². The molecule has 2 nitrogen and oxygen atoms in total. The number of hydrogen-bond donors (Lipinski definition) is 1. The molecule has 0 saturated heterocycles. The zero-order valence-electron chi connectivity index (χ0n) is 8.44. The van der Waals surface area contributed by atoms with Crippen molar-refractivity contribution in [3.63, 3.8) is 0 Å². The summed E-state index contributed by atoms with van der Waals surface area (Å²) in [7, 11) is 0. The lowest BCUT2D eigenvalue weighted by atomic mass is 10.1. The standard InChI is InChI=1S/C13H9ClN2/c14-10-6-3-7-11-12(10)8-4-1-2-5-9(8)13(15)16-11/h1-7H,(H2,15,16). The number of nitrogens with two attached hydrogens (primary N) is 1. The van der Waals surface area contributed by atoms with Gasteiger partial charge in [0.05, 0.1) is 10.5 Å². The number of rotatable bonds is 0. The van der Waals surface area contributed by atoms with Crippen molar-refractivity contribution in [3.8, 4) is 0 Å². The molecule has 1 aromatic heterocycles. The van der Waals surface area contributed by atoms with E-state index in [1.165, 1.54) is 0 Å². The minimum absolute atomic E-state index is 0.547. The quantitative estimate of drug-likeness (QED) is 0.597. The van der Waals surface area contributed by atoms with Crippen molar-refractivity contribution >= 4 is 39.1 Å². The summed E-state index contributed by atoms with van der Waals surface area (Å²) in [5, 5.41) is 3.67. The third-order valence-corrected chi connectivity index (χ3v) is 3.02. The van der Waals surface area contributed by atoms with Gasteiger partial charge >= 0.3 is 0 Å². The molecule has 3 aromatic rings. The molecule has 0 aliphatic carbocycles. The molecule has 0 spiro atoms. The maximum Gasteiger partial charge on any atom is 0.131 e. The maximum atomic E-state index is 6.21. The highest BCUT2D eigenvalue weighted by Crippen LogP contribution is 2.32. The minimum Gasteiger partial charge on any atom is -0.383 e. The first kappa shape index (κ1) is 9.43. The van der Waals surface area contributed by atoms with Gasteiger partial charge in [0.1, 0.15) is 5.82 Å². The number of pyridine rings is 1. The second-order valence-corrected chi connectivity index (χ2v) is 4.08. The summed E-state index contributed by atoms with van der Waals surface area (Å²) in [6.45, 7) is 0. The Balaban J connectivity index is 2.67. The first-order valence-electron chi connectivity index (χ1n) is 5.00. The van der Waals surface area contributed by atoms with Gasteiger partial charge in [-0.15, -0.1) is 0 Å². The Bertz CT molecular complexity index is 692. The monoisotopic (exact) mass is 228 g/mol. The highest BCUT2D eigenvalue weighted by molar-refractivity contribution is 6.37. The second kappa shape index (κ2) is 3.35. The molecule has 2 N–H and O–H groups in total. The summed E-state index contributed by atoms with van der Waals surface area (Å²) >= 11 is 6.21. The zero-order valence-corrected chi connectivity index (χ0v) is 9.20. The normalized spacial score (nSPS) is 11.1. The topological polar surface area (TPSA) is 38.9 Å². The lowest BCUT2D eigenvalue weighted by Gasteiger charge is -2.07. The predicted molar refractivity (Wildman–Crippen MR) is 68.7 cm³/mol. The first-order valence-corrected chi connectivity index (χ1v) is 5.37. The lowest BCUT2D eigenvalue weighted by Crippen LogP contribution is -1.93. The molecule has 1 heterocycles. The van der Waals surface area contributed by atoms with E-state index in [1.807, 2.05) is 42.5 Å². The number of hydrogen-bond acceptors (Lipinski definition) is 2. The van der Waals surface area contributed by atoms with Crippen LogP contribution < -0.4 is 5.73 Å². The van der Waals surface area contributed by atoms with Crippen molar-refractivity contribution in [3.05, 3.63) is 47.5 Å². The summed E-state index contributed by atoms with van der Waals surface area (Å²) in [6, 6.07) is 13.6. The molecular formula is C13H9ClN2. The minimum atomic E-state index is 0.547. The molecule has 0 aliphatic rings. The van der Waals surface area contributed by atoms with E-state index in [9.17, 15) is 0 Å². The SMILES string of the molecule is Nc1nc2cccc(Cl)c2c2ccccc12. The van der Waals surface area contributed by atoms with Crippen LogP contribution in [0.4, 0.5) is 5.82 Å². The van der Waals surface area contributed by atoms with Gasteiger partial charge in [0.15, 0.2) is 0 Å². The molecule has 78 valence electrons. The van der Waals surface area contributed by atoms with Crippen molar-refractivity contribution in [2.75, 3.05) is 5.73 Å². The highest BCUT2D eigenvalue weighted by Gasteiger charge is 2.07.